The molecule has 88 valence electrons. The number of ketones is 1. The van der Waals surface area contributed by atoms with Gasteiger partial charge in [0.05, 0.1) is 17.5 Å². The lowest BCUT2D eigenvalue weighted by atomic mass is 10.0. The number of rotatable bonds is 2. The van der Waals surface area contributed by atoms with Crippen molar-refractivity contribution in [3.63, 3.8) is 0 Å². The maximum Gasteiger partial charge on any atom is 0.198 e. The number of aryl methyl sites for hydroxylation is 2. The molecule has 0 radical (unpaired) electrons. The molecule has 0 aliphatic carbocycles. The van der Waals surface area contributed by atoms with E-state index in [4.69, 9.17) is 0 Å². The molecule has 0 saturated heterocycles. The van der Waals surface area contributed by atoms with Gasteiger partial charge in [-0.05, 0) is 19.9 Å². The van der Waals surface area contributed by atoms with E-state index in [-0.39, 0.29) is 11.3 Å². The largest absolute Gasteiger partial charge is 0.288 e. The zero-order valence-corrected chi connectivity index (χ0v) is 9.86. The van der Waals surface area contributed by atoms with Crippen molar-refractivity contribution in [2.24, 2.45) is 7.05 Å². The Kier molecular flexibility index (Phi) is 2.75. The fraction of sp³-hybridized carbons (Fsp3) is 0.250. The van der Waals surface area contributed by atoms with Crippen LogP contribution in [0.4, 0.5) is 4.39 Å². The van der Waals surface area contributed by atoms with E-state index < -0.39 is 5.82 Å². The van der Waals surface area contributed by atoms with Crippen LogP contribution < -0.4 is 0 Å². The fourth-order valence-electron chi connectivity index (χ4n) is 1.78. The number of pyridine rings is 1. The summed E-state index contributed by atoms with van der Waals surface area (Å²) in [5, 5.41) is 4.16. The number of aromatic nitrogens is 3. The highest BCUT2D eigenvalue weighted by Crippen LogP contribution is 2.17. The average molecular weight is 233 g/mol. The topological polar surface area (TPSA) is 47.8 Å². The number of nitrogens with zero attached hydrogens (tertiary/aromatic N) is 3. The molecule has 2 aromatic rings. The van der Waals surface area contributed by atoms with E-state index in [9.17, 15) is 9.18 Å². The number of hydrogen-bond donors (Lipinski definition) is 0. The highest BCUT2D eigenvalue weighted by molar-refractivity contribution is 6.10. The molecular formula is C12H12FN3O. The van der Waals surface area contributed by atoms with E-state index in [1.807, 2.05) is 0 Å². The Morgan fingerprint density at radius 1 is 1.35 bits per heavy atom. The van der Waals surface area contributed by atoms with Crippen LogP contribution in [-0.2, 0) is 7.05 Å². The molecule has 0 N–H and O–H groups in total. The van der Waals surface area contributed by atoms with Gasteiger partial charge in [0.25, 0.3) is 0 Å². The van der Waals surface area contributed by atoms with Crippen LogP contribution in [-0.4, -0.2) is 20.5 Å². The lowest BCUT2D eigenvalue weighted by Crippen LogP contribution is -2.05. The summed E-state index contributed by atoms with van der Waals surface area (Å²) in [6.07, 6.45) is 2.43. The molecule has 0 aromatic carbocycles. The number of carbonyl (C=O) groups excluding carboxylic acids is 1. The lowest BCUT2D eigenvalue weighted by Gasteiger charge is -2.01. The van der Waals surface area contributed by atoms with Gasteiger partial charge in [0.1, 0.15) is 5.82 Å². The molecule has 17 heavy (non-hydrogen) atoms. The summed E-state index contributed by atoms with van der Waals surface area (Å²) >= 11 is 0. The van der Waals surface area contributed by atoms with Crippen molar-refractivity contribution in [1.29, 1.82) is 0 Å². The molecule has 0 amide bonds. The Balaban J connectivity index is 2.51. The summed E-state index contributed by atoms with van der Waals surface area (Å²) in [6.45, 7) is 3.56. The van der Waals surface area contributed by atoms with Crippen molar-refractivity contribution < 1.29 is 9.18 Å². The summed E-state index contributed by atoms with van der Waals surface area (Å²) in [5.41, 5.74) is 2.15. The molecule has 0 unspecified atom stereocenters. The Bertz CT molecular complexity index is 589. The van der Waals surface area contributed by atoms with E-state index >= 15 is 0 Å². The summed E-state index contributed by atoms with van der Waals surface area (Å²) in [4.78, 5) is 15.9. The van der Waals surface area contributed by atoms with Gasteiger partial charge in [0.15, 0.2) is 5.78 Å². The Labute approximate surface area is 98.1 Å². The first-order valence-electron chi connectivity index (χ1n) is 5.16. The SMILES string of the molecule is Cc1nn(C)c(C)c1C(=O)c1cncc(F)c1. The minimum atomic E-state index is -0.518. The second-order valence-electron chi connectivity index (χ2n) is 3.89. The Morgan fingerprint density at radius 3 is 2.59 bits per heavy atom. The standard InChI is InChI=1S/C12H12FN3O/c1-7-11(8(2)16(3)15-7)12(17)9-4-10(13)6-14-5-9/h4-6H,1-3H3. The van der Waals surface area contributed by atoms with Gasteiger partial charge in [-0.3, -0.25) is 14.5 Å². The van der Waals surface area contributed by atoms with Crippen LogP contribution in [0, 0.1) is 19.7 Å². The van der Waals surface area contributed by atoms with Crippen molar-refractivity contribution in [2.45, 2.75) is 13.8 Å². The molecule has 0 aliphatic heterocycles. The fourth-order valence-corrected chi connectivity index (χ4v) is 1.78. The summed E-state index contributed by atoms with van der Waals surface area (Å²) in [7, 11) is 1.77. The monoisotopic (exact) mass is 233 g/mol. The molecule has 0 atom stereocenters. The first-order chi connectivity index (χ1) is 8.00. The van der Waals surface area contributed by atoms with Gasteiger partial charge < -0.3 is 0 Å². The van der Waals surface area contributed by atoms with Crippen molar-refractivity contribution >= 4 is 5.78 Å². The van der Waals surface area contributed by atoms with Crippen LogP contribution in [0.25, 0.3) is 0 Å². The molecule has 0 saturated carbocycles. The second kappa shape index (κ2) is 4.08. The van der Waals surface area contributed by atoms with Crippen LogP contribution in [0.15, 0.2) is 18.5 Å². The summed E-state index contributed by atoms with van der Waals surface area (Å²) in [5.74, 6) is -0.768. The molecule has 5 heteroatoms. The number of hydrogen-bond acceptors (Lipinski definition) is 3. The molecule has 2 aromatic heterocycles. The van der Waals surface area contributed by atoms with E-state index in [2.05, 4.69) is 10.1 Å². The summed E-state index contributed by atoms with van der Waals surface area (Å²) < 4.78 is 14.6. The zero-order chi connectivity index (χ0) is 12.6. The first kappa shape index (κ1) is 11.4. The predicted octanol–water partition coefficient (Wildman–Crippen LogP) is 1.80. The Hall–Kier alpha value is -2.04. The molecule has 0 bridgehead atoms. The van der Waals surface area contributed by atoms with Crippen LogP contribution in [0.5, 0.6) is 0 Å². The average Bonchev–Trinajstić information content (AvgIpc) is 2.52. The second-order valence-corrected chi connectivity index (χ2v) is 3.89. The number of carbonyl (C=O) groups is 1. The van der Waals surface area contributed by atoms with E-state index in [0.717, 1.165) is 11.9 Å². The van der Waals surface area contributed by atoms with Gasteiger partial charge in [-0.2, -0.15) is 5.10 Å². The smallest absolute Gasteiger partial charge is 0.198 e. The quantitative estimate of drug-likeness (QED) is 0.743. The molecule has 2 rings (SSSR count). The van der Waals surface area contributed by atoms with Crippen LogP contribution >= 0.6 is 0 Å². The molecule has 0 aliphatic rings. The lowest BCUT2D eigenvalue weighted by molar-refractivity contribution is 0.103. The third-order valence-corrected chi connectivity index (χ3v) is 2.70. The van der Waals surface area contributed by atoms with Crippen LogP contribution in [0.2, 0.25) is 0 Å². The highest BCUT2D eigenvalue weighted by atomic mass is 19.1. The first-order valence-corrected chi connectivity index (χ1v) is 5.16. The van der Waals surface area contributed by atoms with E-state index in [1.54, 1.807) is 25.6 Å². The molecule has 4 nitrogen and oxygen atoms in total. The summed E-state index contributed by atoms with van der Waals surface area (Å²) in [6, 6.07) is 1.18. The predicted molar refractivity (Wildman–Crippen MR) is 60.3 cm³/mol. The van der Waals surface area contributed by atoms with Gasteiger partial charge in [-0.15, -0.1) is 0 Å². The minimum Gasteiger partial charge on any atom is -0.288 e. The highest BCUT2D eigenvalue weighted by Gasteiger charge is 2.19. The van der Waals surface area contributed by atoms with Gasteiger partial charge in [-0.25, -0.2) is 4.39 Å². The third-order valence-electron chi connectivity index (χ3n) is 2.70. The maximum atomic E-state index is 13.0. The van der Waals surface area contributed by atoms with Gasteiger partial charge >= 0.3 is 0 Å². The number of halogens is 1. The molecule has 2 heterocycles. The van der Waals surface area contributed by atoms with Crippen LogP contribution in [0.3, 0.4) is 0 Å². The zero-order valence-electron chi connectivity index (χ0n) is 9.86. The molecular weight excluding hydrogens is 221 g/mol. The van der Waals surface area contributed by atoms with Gasteiger partial charge in [0, 0.05) is 24.5 Å². The van der Waals surface area contributed by atoms with Crippen LogP contribution in [0.1, 0.15) is 27.3 Å². The van der Waals surface area contributed by atoms with Gasteiger partial charge in [0.2, 0.25) is 0 Å². The molecule has 0 spiro atoms. The minimum absolute atomic E-state index is 0.240. The van der Waals surface area contributed by atoms with Crippen molar-refractivity contribution in [2.75, 3.05) is 0 Å². The molecule has 0 fully saturated rings. The van der Waals surface area contributed by atoms with E-state index in [0.29, 0.717) is 11.3 Å². The maximum absolute atomic E-state index is 13.0. The van der Waals surface area contributed by atoms with Crippen molar-refractivity contribution in [1.82, 2.24) is 14.8 Å². The van der Waals surface area contributed by atoms with Crippen molar-refractivity contribution in [3.8, 4) is 0 Å². The van der Waals surface area contributed by atoms with E-state index in [1.165, 1.54) is 12.3 Å². The third kappa shape index (κ3) is 1.95. The van der Waals surface area contributed by atoms with Crippen molar-refractivity contribution in [3.05, 3.63) is 46.8 Å². The van der Waals surface area contributed by atoms with Gasteiger partial charge in [-0.1, -0.05) is 0 Å². The normalized spacial score (nSPS) is 10.6. The Morgan fingerprint density at radius 2 is 2.06 bits per heavy atom.